The van der Waals surface area contributed by atoms with Crippen LogP contribution in [-0.4, -0.2) is 19.2 Å². The maximum absolute atomic E-state index is 11.0. The fourth-order valence-corrected chi connectivity index (χ4v) is 3.75. The molecule has 0 radical (unpaired) electrons. The van der Waals surface area contributed by atoms with E-state index < -0.39 is 0 Å². The maximum Gasteiger partial charge on any atom is 0.330 e. The van der Waals surface area contributed by atoms with E-state index >= 15 is 0 Å². The van der Waals surface area contributed by atoms with Crippen LogP contribution in [0, 0.1) is 13.8 Å². The summed E-state index contributed by atoms with van der Waals surface area (Å²) in [6.07, 6.45) is 8.37. The molecule has 2 aromatic carbocycles. The molecule has 152 valence electrons. The third-order valence-electron chi connectivity index (χ3n) is 5.17. The van der Waals surface area contributed by atoms with Crippen LogP contribution in [0.15, 0.2) is 49.1 Å². The zero-order valence-corrected chi connectivity index (χ0v) is 17.5. The number of esters is 1. The average Bonchev–Trinajstić information content (AvgIpc) is 2.71. The van der Waals surface area contributed by atoms with Crippen LogP contribution in [0.1, 0.15) is 53.5 Å². The molecule has 0 unspecified atom stereocenters. The molecule has 0 atom stereocenters. The molecule has 0 amide bonds. The predicted octanol–water partition coefficient (Wildman–Crippen LogP) is 6.07. The number of ether oxygens (including phenoxy) is 2. The van der Waals surface area contributed by atoms with Crippen molar-refractivity contribution in [2.75, 3.05) is 13.2 Å². The van der Waals surface area contributed by atoms with E-state index in [-0.39, 0.29) is 5.97 Å². The van der Waals surface area contributed by atoms with Crippen LogP contribution in [-0.2, 0) is 16.0 Å². The second-order valence-corrected chi connectivity index (χ2v) is 7.69. The molecule has 3 nitrogen and oxygen atoms in total. The minimum atomic E-state index is -0.356. The molecule has 0 aliphatic heterocycles. The molecule has 0 aromatic heterocycles. The molecule has 0 saturated heterocycles. The molecule has 0 bridgehead atoms. The van der Waals surface area contributed by atoms with Crippen molar-refractivity contribution >= 4 is 17.6 Å². The van der Waals surface area contributed by atoms with Gasteiger partial charge in [-0.15, -0.1) is 0 Å². The number of unbranched alkanes of at least 4 members (excludes halogenated alkanes) is 2. The number of fused-ring (bicyclic) bond motifs is 1. The van der Waals surface area contributed by atoms with Crippen LogP contribution in [0.5, 0.6) is 5.75 Å². The lowest BCUT2D eigenvalue weighted by Crippen LogP contribution is -2.04. The van der Waals surface area contributed by atoms with Crippen LogP contribution < -0.4 is 4.74 Å². The van der Waals surface area contributed by atoms with E-state index in [1.54, 1.807) is 0 Å². The van der Waals surface area contributed by atoms with Gasteiger partial charge in [0, 0.05) is 6.08 Å². The monoisotopic (exact) mass is 390 g/mol. The summed E-state index contributed by atoms with van der Waals surface area (Å²) in [7, 11) is 0. The predicted molar refractivity (Wildman–Crippen MR) is 119 cm³/mol. The van der Waals surface area contributed by atoms with Gasteiger partial charge < -0.3 is 9.47 Å². The minimum Gasteiger partial charge on any atom is -0.494 e. The Morgan fingerprint density at radius 3 is 2.52 bits per heavy atom. The average molecular weight is 391 g/mol. The Bertz CT molecular complexity index is 888. The Labute approximate surface area is 174 Å². The van der Waals surface area contributed by atoms with Gasteiger partial charge in [-0.05, 0) is 80.3 Å². The largest absolute Gasteiger partial charge is 0.494 e. The van der Waals surface area contributed by atoms with Gasteiger partial charge in [0.1, 0.15) is 5.75 Å². The van der Waals surface area contributed by atoms with Crippen LogP contribution in [0.25, 0.3) is 11.6 Å². The highest BCUT2D eigenvalue weighted by Crippen LogP contribution is 2.33. The first-order valence-corrected chi connectivity index (χ1v) is 10.4. The van der Waals surface area contributed by atoms with Crippen molar-refractivity contribution in [2.24, 2.45) is 0 Å². The molecule has 3 heteroatoms. The minimum absolute atomic E-state index is 0.356. The smallest absolute Gasteiger partial charge is 0.330 e. The first kappa shape index (κ1) is 20.9. The molecule has 1 aliphatic carbocycles. The van der Waals surface area contributed by atoms with E-state index in [1.165, 1.54) is 39.5 Å². The molecular weight excluding hydrogens is 360 g/mol. The summed E-state index contributed by atoms with van der Waals surface area (Å²) in [6.45, 7) is 8.82. The number of aryl methyl sites for hydroxylation is 3. The lowest BCUT2D eigenvalue weighted by Gasteiger charge is -2.19. The summed E-state index contributed by atoms with van der Waals surface area (Å²) >= 11 is 0. The highest BCUT2D eigenvalue weighted by Gasteiger charge is 2.13. The Morgan fingerprint density at radius 1 is 1.00 bits per heavy atom. The Kier molecular flexibility index (Phi) is 7.29. The maximum atomic E-state index is 11.0. The van der Waals surface area contributed by atoms with E-state index in [0.29, 0.717) is 13.2 Å². The lowest BCUT2D eigenvalue weighted by atomic mass is 9.87. The third-order valence-corrected chi connectivity index (χ3v) is 5.17. The summed E-state index contributed by atoms with van der Waals surface area (Å²) in [6, 6.07) is 13.2. The number of hydrogen-bond donors (Lipinski definition) is 0. The molecule has 0 N–H and O–H groups in total. The van der Waals surface area contributed by atoms with Crippen molar-refractivity contribution < 1.29 is 14.3 Å². The normalized spacial score (nSPS) is 12.7. The number of carbonyl (C=O) groups excluding carboxylic acids is 1. The van der Waals surface area contributed by atoms with E-state index in [1.807, 2.05) is 0 Å². The number of hydrogen-bond acceptors (Lipinski definition) is 3. The van der Waals surface area contributed by atoms with E-state index in [2.05, 4.69) is 62.9 Å². The van der Waals surface area contributed by atoms with E-state index in [4.69, 9.17) is 9.47 Å². The lowest BCUT2D eigenvalue weighted by molar-refractivity contribution is -0.137. The second-order valence-electron chi connectivity index (χ2n) is 7.69. The molecule has 0 spiro atoms. The van der Waals surface area contributed by atoms with Gasteiger partial charge >= 0.3 is 5.97 Å². The highest BCUT2D eigenvalue weighted by atomic mass is 16.5. The van der Waals surface area contributed by atoms with Gasteiger partial charge in [-0.3, -0.25) is 0 Å². The Balaban J connectivity index is 1.51. The van der Waals surface area contributed by atoms with Gasteiger partial charge in [-0.2, -0.15) is 0 Å². The molecule has 29 heavy (non-hydrogen) atoms. The van der Waals surface area contributed by atoms with Gasteiger partial charge in [-0.25, -0.2) is 4.79 Å². The van der Waals surface area contributed by atoms with Crippen molar-refractivity contribution in [2.45, 2.75) is 46.0 Å². The van der Waals surface area contributed by atoms with Crippen molar-refractivity contribution in [3.8, 4) is 5.75 Å². The third kappa shape index (κ3) is 6.08. The Morgan fingerprint density at radius 2 is 1.76 bits per heavy atom. The standard InChI is InChI=1S/C26H30O3/c1-4-26(27)29-13-7-5-6-12-28-25-11-10-21-17-22(8-9-23(21)18-25)24-15-19(2)14-20(3)16-24/h4,10-11,14-18H,1,5-9,12-13H2,2-3H3. The molecule has 1 aliphatic rings. The van der Waals surface area contributed by atoms with Crippen molar-refractivity contribution in [3.05, 3.63) is 76.9 Å². The van der Waals surface area contributed by atoms with Crippen LogP contribution in [0.4, 0.5) is 0 Å². The van der Waals surface area contributed by atoms with Crippen molar-refractivity contribution in [1.29, 1.82) is 0 Å². The van der Waals surface area contributed by atoms with E-state index in [9.17, 15) is 4.79 Å². The molecule has 3 rings (SSSR count). The Hall–Kier alpha value is -2.81. The number of allylic oxidation sites excluding steroid dienone is 1. The number of carbonyl (C=O) groups is 1. The quantitative estimate of drug-likeness (QED) is 0.296. The first-order valence-electron chi connectivity index (χ1n) is 10.4. The van der Waals surface area contributed by atoms with Gasteiger partial charge in [0.05, 0.1) is 13.2 Å². The summed E-state index contributed by atoms with van der Waals surface area (Å²) in [5.41, 5.74) is 8.03. The van der Waals surface area contributed by atoms with Crippen LogP contribution in [0.3, 0.4) is 0 Å². The zero-order chi connectivity index (χ0) is 20.6. The van der Waals surface area contributed by atoms with Crippen LogP contribution in [0.2, 0.25) is 0 Å². The van der Waals surface area contributed by atoms with Crippen LogP contribution >= 0.6 is 0 Å². The SMILES string of the molecule is C=CC(=O)OCCCCCOc1ccc2c(c1)CCC(c1cc(C)cc(C)c1)=C2. The molecule has 0 saturated carbocycles. The summed E-state index contributed by atoms with van der Waals surface area (Å²) < 4.78 is 10.9. The van der Waals surface area contributed by atoms with Gasteiger partial charge in [0.25, 0.3) is 0 Å². The summed E-state index contributed by atoms with van der Waals surface area (Å²) in [4.78, 5) is 11.0. The summed E-state index contributed by atoms with van der Waals surface area (Å²) in [5, 5.41) is 0. The molecule has 2 aromatic rings. The van der Waals surface area contributed by atoms with Crippen molar-refractivity contribution in [3.63, 3.8) is 0 Å². The van der Waals surface area contributed by atoms with E-state index in [0.717, 1.165) is 37.9 Å². The fourth-order valence-electron chi connectivity index (χ4n) is 3.75. The molecular formula is C26H30O3. The molecule has 0 fully saturated rings. The summed E-state index contributed by atoms with van der Waals surface area (Å²) in [5.74, 6) is 0.579. The highest BCUT2D eigenvalue weighted by molar-refractivity contribution is 5.85. The second kappa shape index (κ2) is 10.1. The topological polar surface area (TPSA) is 35.5 Å². The van der Waals surface area contributed by atoms with Gasteiger partial charge in [0.2, 0.25) is 0 Å². The fraction of sp³-hybridized carbons (Fsp3) is 0.346. The van der Waals surface area contributed by atoms with Gasteiger partial charge in [0.15, 0.2) is 0 Å². The number of rotatable bonds is 9. The zero-order valence-electron chi connectivity index (χ0n) is 17.5. The van der Waals surface area contributed by atoms with Gasteiger partial charge in [-0.1, -0.05) is 48.0 Å². The van der Waals surface area contributed by atoms with Crippen molar-refractivity contribution in [1.82, 2.24) is 0 Å². The first-order chi connectivity index (χ1) is 14.0. The number of benzene rings is 2. The molecule has 0 heterocycles.